The minimum Gasteiger partial charge on any atom is -0.462 e. The number of anilines is 2. The van der Waals surface area contributed by atoms with Crippen LogP contribution in [0.4, 0.5) is 15.9 Å². The van der Waals surface area contributed by atoms with E-state index in [1.807, 2.05) is 23.0 Å². The number of nitrogens with one attached hydrogen (secondary N) is 1. The molecular weight excluding hydrogens is 563 g/mol. The number of carbonyl (C=O) groups excluding carboxylic acids is 1. The third kappa shape index (κ3) is 6.10. The minimum atomic E-state index is -1.23. The molecular formula is C32H43FN8O3. The smallest absolute Gasteiger partial charge is 0.318 e. The molecule has 3 aliphatic heterocycles. The van der Waals surface area contributed by atoms with Crippen LogP contribution in [0.15, 0.2) is 24.4 Å². The van der Waals surface area contributed by atoms with E-state index in [2.05, 4.69) is 39.9 Å². The van der Waals surface area contributed by atoms with E-state index >= 15 is 0 Å². The van der Waals surface area contributed by atoms with Crippen LogP contribution in [-0.4, -0.2) is 114 Å². The van der Waals surface area contributed by atoms with Crippen LogP contribution in [0, 0.1) is 13.8 Å². The van der Waals surface area contributed by atoms with E-state index in [1.165, 1.54) is 16.8 Å². The number of likely N-dealkylation sites (N-methyl/N-ethyl adjacent to an activating group) is 1. The van der Waals surface area contributed by atoms with Crippen LogP contribution in [-0.2, 0) is 22.5 Å². The highest BCUT2D eigenvalue weighted by molar-refractivity contribution is 5.94. The van der Waals surface area contributed by atoms with Crippen molar-refractivity contribution in [2.45, 2.75) is 51.9 Å². The van der Waals surface area contributed by atoms with Crippen molar-refractivity contribution < 1.29 is 18.7 Å². The van der Waals surface area contributed by atoms with Crippen LogP contribution >= 0.6 is 0 Å². The fourth-order valence-corrected chi connectivity index (χ4v) is 6.83. The van der Waals surface area contributed by atoms with Gasteiger partial charge in [0.15, 0.2) is 0 Å². The van der Waals surface area contributed by atoms with Crippen LogP contribution < -0.4 is 14.5 Å². The average molecular weight is 607 g/mol. The monoisotopic (exact) mass is 606 g/mol. The highest BCUT2D eigenvalue weighted by atomic mass is 19.1. The van der Waals surface area contributed by atoms with Gasteiger partial charge in [0.05, 0.1) is 36.2 Å². The van der Waals surface area contributed by atoms with Crippen molar-refractivity contribution in [1.29, 1.82) is 0 Å². The SMILES string of the molecule is COC/C=C/C(=O)N1CCN(c2nc(OC[C@@H]3CC(C)(F)CN3C)nc3c2CCN(c2c(C)c(C)cc4[nH]ncc24)C3)CC1. The third-order valence-corrected chi connectivity index (χ3v) is 9.25. The number of piperazine rings is 1. The number of H-pyrrole nitrogens is 1. The van der Waals surface area contributed by atoms with Gasteiger partial charge in [-0.15, -0.1) is 0 Å². The summed E-state index contributed by atoms with van der Waals surface area (Å²) in [5.74, 6) is 0.863. The Bertz CT molecular complexity index is 1550. The number of aromatic nitrogens is 4. The first kappa shape index (κ1) is 30.3. The van der Waals surface area contributed by atoms with Gasteiger partial charge in [0, 0.05) is 75.9 Å². The molecule has 1 unspecified atom stereocenters. The van der Waals surface area contributed by atoms with Crippen LogP contribution in [0.25, 0.3) is 10.9 Å². The Labute approximate surface area is 258 Å². The first-order valence-corrected chi connectivity index (χ1v) is 15.4. The maximum absolute atomic E-state index is 14.7. The van der Waals surface area contributed by atoms with Crippen LogP contribution in [0.3, 0.4) is 0 Å². The first-order valence-electron chi connectivity index (χ1n) is 15.4. The standard InChI is InChI=1S/C32H43FN8O3/c1-21-15-26-25(17-34-37-26)29(22(21)2)41-9-8-24-27(18-41)35-31(44-19-23-16-32(3,33)20-38(23)4)36-30(24)40-12-10-39(11-13-40)28(42)7-6-14-43-5/h6-7,15,17,23H,8-14,16,18-20H2,1-5H3,(H,34,37)/b7-6+/t23-,32?/m0/s1. The van der Waals surface area contributed by atoms with E-state index in [9.17, 15) is 9.18 Å². The Hall–Kier alpha value is -3.77. The minimum absolute atomic E-state index is 0.00860. The second-order valence-electron chi connectivity index (χ2n) is 12.6. The molecule has 2 fully saturated rings. The van der Waals surface area contributed by atoms with Gasteiger partial charge in [-0.2, -0.15) is 15.1 Å². The molecule has 2 aromatic heterocycles. The number of hydrogen-bond donors (Lipinski definition) is 1. The second kappa shape index (κ2) is 12.3. The van der Waals surface area contributed by atoms with Crippen molar-refractivity contribution >= 4 is 28.3 Å². The lowest BCUT2D eigenvalue weighted by atomic mass is 9.99. The lowest BCUT2D eigenvalue weighted by Crippen LogP contribution is -2.49. The number of hydrogen-bond acceptors (Lipinski definition) is 9. The number of halogens is 1. The van der Waals surface area contributed by atoms with Gasteiger partial charge in [-0.05, 0) is 51.4 Å². The van der Waals surface area contributed by atoms with E-state index in [0.717, 1.165) is 40.9 Å². The Balaban J connectivity index is 1.27. The van der Waals surface area contributed by atoms with Crippen molar-refractivity contribution in [2.75, 3.05) is 76.4 Å². The molecule has 12 heteroatoms. The largest absolute Gasteiger partial charge is 0.462 e. The van der Waals surface area contributed by atoms with Gasteiger partial charge in [-0.1, -0.05) is 6.08 Å². The summed E-state index contributed by atoms with van der Waals surface area (Å²) in [6, 6.07) is 2.41. The number of aryl methyl sites for hydroxylation is 1. The number of fused-ring (bicyclic) bond motifs is 2. The van der Waals surface area contributed by atoms with Gasteiger partial charge in [-0.25, -0.2) is 4.39 Å². The maximum atomic E-state index is 14.7. The normalized spacial score (nSPS) is 22.8. The van der Waals surface area contributed by atoms with Crippen LogP contribution in [0.1, 0.15) is 35.7 Å². The van der Waals surface area contributed by atoms with Crippen molar-refractivity contribution in [1.82, 2.24) is 30.0 Å². The molecule has 1 N–H and O–H groups in total. The predicted octanol–water partition coefficient (Wildman–Crippen LogP) is 3.19. The van der Waals surface area contributed by atoms with Gasteiger partial charge in [0.2, 0.25) is 5.91 Å². The number of amides is 1. The number of carbonyl (C=O) groups is 1. The van der Waals surface area contributed by atoms with Crippen LogP contribution in [0.5, 0.6) is 6.01 Å². The quantitative estimate of drug-likeness (QED) is 0.388. The Morgan fingerprint density at radius 1 is 1.18 bits per heavy atom. The first-order chi connectivity index (χ1) is 21.1. The molecule has 236 valence electrons. The van der Waals surface area contributed by atoms with E-state index in [1.54, 1.807) is 26.2 Å². The van der Waals surface area contributed by atoms with Crippen molar-refractivity contribution in [3.63, 3.8) is 0 Å². The van der Waals surface area contributed by atoms with Crippen LogP contribution in [0.2, 0.25) is 0 Å². The van der Waals surface area contributed by atoms with Gasteiger partial charge < -0.3 is 24.2 Å². The second-order valence-corrected chi connectivity index (χ2v) is 12.6. The Kier molecular flexibility index (Phi) is 8.47. The lowest BCUT2D eigenvalue weighted by molar-refractivity contribution is -0.126. The molecule has 44 heavy (non-hydrogen) atoms. The molecule has 2 atom stereocenters. The maximum Gasteiger partial charge on any atom is 0.318 e. The molecule has 0 spiro atoms. The molecule has 0 bridgehead atoms. The topological polar surface area (TPSA) is 103 Å². The van der Waals surface area contributed by atoms with E-state index < -0.39 is 5.67 Å². The highest BCUT2D eigenvalue weighted by Gasteiger charge is 2.39. The molecule has 0 saturated carbocycles. The number of ether oxygens (including phenoxy) is 2. The predicted molar refractivity (Wildman–Crippen MR) is 168 cm³/mol. The number of rotatable bonds is 8. The molecule has 0 radical (unpaired) electrons. The third-order valence-electron chi connectivity index (χ3n) is 9.25. The summed E-state index contributed by atoms with van der Waals surface area (Å²) >= 11 is 0. The Morgan fingerprint density at radius 2 is 1.98 bits per heavy atom. The summed E-state index contributed by atoms with van der Waals surface area (Å²) in [5, 5.41) is 8.54. The molecule has 6 rings (SSSR count). The fourth-order valence-electron chi connectivity index (χ4n) is 6.83. The highest BCUT2D eigenvalue weighted by Crippen LogP contribution is 2.37. The van der Waals surface area contributed by atoms with E-state index in [0.29, 0.717) is 64.9 Å². The molecule has 3 aliphatic rings. The molecule has 3 aromatic rings. The lowest BCUT2D eigenvalue weighted by Gasteiger charge is -2.38. The molecule has 1 aromatic carbocycles. The number of alkyl halides is 1. The number of methoxy groups -OCH3 is 1. The summed E-state index contributed by atoms with van der Waals surface area (Å²) in [4.78, 5) is 31.0. The zero-order valence-electron chi connectivity index (χ0n) is 26.4. The zero-order valence-corrected chi connectivity index (χ0v) is 26.4. The molecule has 5 heterocycles. The number of nitrogens with zero attached hydrogens (tertiary/aromatic N) is 7. The fraction of sp³-hybridized carbons (Fsp3) is 0.562. The summed E-state index contributed by atoms with van der Waals surface area (Å²) in [6.07, 6.45) is 6.41. The molecule has 0 aliphatic carbocycles. The Morgan fingerprint density at radius 3 is 2.70 bits per heavy atom. The van der Waals surface area contributed by atoms with Crippen molar-refractivity contribution in [2.24, 2.45) is 0 Å². The van der Waals surface area contributed by atoms with Gasteiger partial charge in [0.1, 0.15) is 18.1 Å². The molecule has 2 saturated heterocycles. The molecule has 11 nitrogen and oxygen atoms in total. The van der Waals surface area contributed by atoms with E-state index in [-0.39, 0.29) is 11.9 Å². The zero-order chi connectivity index (χ0) is 31.0. The van der Waals surface area contributed by atoms with Gasteiger partial charge in [-0.3, -0.25) is 14.8 Å². The molecule has 1 amide bonds. The summed E-state index contributed by atoms with van der Waals surface area (Å²) in [7, 11) is 3.54. The van der Waals surface area contributed by atoms with Crippen molar-refractivity contribution in [3.05, 3.63) is 46.8 Å². The average Bonchev–Trinajstić information content (AvgIpc) is 3.57. The number of aromatic amines is 1. The number of likely N-dealkylation sites (tertiary alicyclic amines) is 1. The summed E-state index contributed by atoms with van der Waals surface area (Å²) in [6.45, 7) is 11.0. The van der Waals surface area contributed by atoms with Gasteiger partial charge >= 0.3 is 6.01 Å². The van der Waals surface area contributed by atoms with Crippen molar-refractivity contribution in [3.8, 4) is 6.01 Å². The summed E-state index contributed by atoms with van der Waals surface area (Å²) < 4.78 is 26.0. The van der Waals surface area contributed by atoms with E-state index in [4.69, 9.17) is 19.4 Å². The summed E-state index contributed by atoms with van der Waals surface area (Å²) in [5.41, 5.74) is 5.45. The van der Waals surface area contributed by atoms with Gasteiger partial charge in [0.25, 0.3) is 0 Å². The number of benzene rings is 1.